The maximum atomic E-state index is 12.0. The molecule has 20 heavy (non-hydrogen) atoms. The summed E-state index contributed by atoms with van der Waals surface area (Å²) >= 11 is 9.35. The molecule has 1 saturated heterocycles. The number of carbonyl (C=O) groups is 1. The van der Waals surface area contributed by atoms with Crippen molar-refractivity contribution >= 4 is 39.2 Å². The minimum absolute atomic E-state index is 0.214. The van der Waals surface area contributed by atoms with Gasteiger partial charge in [0.05, 0.1) is 12.1 Å². The van der Waals surface area contributed by atoms with Gasteiger partial charge in [-0.1, -0.05) is 11.6 Å². The molecule has 0 radical (unpaired) electrons. The minimum Gasteiger partial charge on any atom is -0.467 e. The highest BCUT2D eigenvalue weighted by Crippen LogP contribution is 2.28. The smallest absolute Gasteiger partial charge is 0.328 e. The van der Waals surface area contributed by atoms with E-state index in [1.54, 1.807) is 6.07 Å². The highest BCUT2D eigenvalue weighted by molar-refractivity contribution is 9.10. The Morgan fingerprint density at radius 1 is 1.50 bits per heavy atom. The Morgan fingerprint density at radius 2 is 2.20 bits per heavy atom. The van der Waals surface area contributed by atoms with Crippen LogP contribution in [0.5, 0.6) is 0 Å². The average molecular weight is 363 g/mol. The number of anilines is 1. The molecule has 1 aliphatic heterocycles. The molecule has 1 atom stereocenters. The summed E-state index contributed by atoms with van der Waals surface area (Å²) in [6.07, 6.45) is 1.70. The van der Waals surface area contributed by atoms with E-state index in [1.807, 2.05) is 12.1 Å². The van der Waals surface area contributed by atoms with Gasteiger partial charge in [0.2, 0.25) is 0 Å². The van der Waals surface area contributed by atoms with Crippen molar-refractivity contribution in [2.45, 2.75) is 18.9 Å². The molecule has 0 amide bonds. The number of rotatable bonds is 4. The van der Waals surface area contributed by atoms with Crippen molar-refractivity contribution in [1.29, 1.82) is 0 Å². The fraction of sp³-hybridized carbons (Fsp3) is 0.500. The van der Waals surface area contributed by atoms with E-state index >= 15 is 0 Å². The number of esters is 1. The van der Waals surface area contributed by atoms with Gasteiger partial charge in [0.25, 0.3) is 0 Å². The maximum Gasteiger partial charge on any atom is 0.328 e. The molecule has 0 aromatic heterocycles. The Hall–Kier alpha value is -0.780. The second kappa shape index (κ2) is 7.29. The van der Waals surface area contributed by atoms with Crippen molar-refractivity contribution in [3.63, 3.8) is 0 Å². The molecule has 6 heteroatoms. The van der Waals surface area contributed by atoms with E-state index in [-0.39, 0.29) is 17.9 Å². The predicted molar refractivity (Wildman–Crippen MR) is 82.1 cm³/mol. The molecule has 1 heterocycles. The van der Waals surface area contributed by atoms with Gasteiger partial charge in [0.1, 0.15) is 6.04 Å². The van der Waals surface area contributed by atoms with Crippen LogP contribution < -0.4 is 5.32 Å². The average Bonchev–Trinajstić information content (AvgIpc) is 2.48. The Balaban J connectivity index is 2.14. The number of methoxy groups -OCH3 is 1. The SMILES string of the molecule is COC(=O)C(Nc1ccc(Cl)c(Br)c1)C1CCOCC1. The summed E-state index contributed by atoms with van der Waals surface area (Å²) in [4.78, 5) is 12.0. The van der Waals surface area contributed by atoms with Crippen molar-refractivity contribution in [2.75, 3.05) is 25.6 Å². The zero-order chi connectivity index (χ0) is 14.5. The van der Waals surface area contributed by atoms with Crippen LogP contribution in [0, 0.1) is 5.92 Å². The normalized spacial score (nSPS) is 17.6. The van der Waals surface area contributed by atoms with Crippen molar-refractivity contribution in [1.82, 2.24) is 0 Å². The zero-order valence-corrected chi connectivity index (χ0v) is 13.5. The third-order valence-corrected chi connectivity index (χ3v) is 4.65. The monoisotopic (exact) mass is 361 g/mol. The molecule has 1 fully saturated rings. The Labute approximate surface area is 131 Å². The van der Waals surface area contributed by atoms with E-state index in [0.717, 1.165) is 23.0 Å². The van der Waals surface area contributed by atoms with Gasteiger partial charge in [-0.25, -0.2) is 4.79 Å². The molecule has 1 aromatic carbocycles. The number of hydrogen-bond acceptors (Lipinski definition) is 4. The topological polar surface area (TPSA) is 47.6 Å². The lowest BCUT2D eigenvalue weighted by atomic mass is 9.91. The number of nitrogens with one attached hydrogen (secondary N) is 1. The molecule has 0 bridgehead atoms. The number of benzene rings is 1. The third-order valence-electron chi connectivity index (χ3n) is 3.43. The van der Waals surface area contributed by atoms with Gasteiger partial charge in [-0.05, 0) is 52.9 Å². The Kier molecular flexibility index (Phi) is 5.69. The summed E-state index contributed by atoms with van der Waals surface area (Å²) in [5.41, 5.74) is 0.836. The molecule has 1 N–H and O–H groups in total. The summed E-state index contributed by atoms with van der Waals surface area (Å²) in [6, 6.07) is 5.13. The van der Waals surface area contributed by atoms with Crippen LogP contribution in [0.4, 0.5) is 5.69 Å². The molecular weight excluding hydrogens is 346 g/mol. The molecule has 0 aliphatic carbocycles. The first-order chi connectivity index (χ1) is 9.61. The number of halogens is 2. The number of carbonyl (C=O) groups excluding carboxylic acids is 1. The molecule has 0 saturated carbocycles. The number of hydrogen-bond donors (Lipinski definition) is 1. The fourth-order valence-electron chi connectivity index (χ4n) is 2.31. The largest absolute Gasteiger partial charge is 0.467 e. The first-order valence-electron chi connectivity index (χ1n) is 6.49. The van der Waals surface area contributed by atoms with Crippen molar-refractivity contribution in [3.05, 3.63) is 27.7 Å². The van der Waals surface area contributed by atoms with Crippen LogP contribution in [0.25, 0.3) is 0 Å². The van der Waals surface area contributed by atoms with Gasteiger partial charge in [0.15, 0.2) is 0 Å². The number of ether oxygens (including phenoxy) is 2. The molecule has 0 spiro atoms. The molecule has 4 nitrogen and oxygen atoms in total. The third kappa shape index (κ3) is 3.87. The van der Waals surface area contributed by atoms with E-state index < -0.39 is 0 Å². The quantitative estimate of drug-likeness (QED) is 0.833. The molecule has 1 aliphatic rings. The van der Waals surface area contributed by atoms with Gasteiger partial charge in [-0.15, -0.1) is 0 Å². The zero-order valence-electron chi connectivity index (χ0n) is 11.2. The first-order valence-corrected chi connectivity index (χ1v) is 7.66. The summed E-state index contributed by atoms with van der Waals surface area (Å²) in [7, 11) is 1.41. The first kappa shape index (κ1) is 15.6. The van der Waals surface area contributed by atoms with Gasteiger partial charge in [-0.3, -0.25) is 0 Å². The summed E-state index contributed by atoms with van der Waals surface area (Å²) in [5.74, 6) is -0.0337. The van der Waals surface area contributed by atoms with Crippen LogP contribution in [-0.4, -0.2) is 32.3 Å². The van der Waals surface area contributed by atoms with Crippen molar-refractivity contribution in [2.24, 2.45) is 5.92 Å². The van der Waals surface area contributed by atoms with E-state index in [4.69, 9.17) is 21.1 Å². The predicted octanol–water partition coefficient (Wildman–Crippen LogP) is 3.48. The highest BCUT2D eigenvalue weighted by Gasteiger charge is 2.30. The second-order valence-corrected chi connectivity index (χ2v) is 5.99. The fourth-order valence-corrected chi connectivity index (χ4v) is 2.81. The summed E-state index contributed by atoms with van der Waals surface area (Å²) in [6.45, 7) is 1.37. The molecule has 110 valence electrons. The Bertz CT molecular complexity index is 477. The van der Waals surface area contributed by atoms with E-state index in [9.17, 15) is 4.79 Å². The Morgan fingerprint density at radius 3 is 2.80 bits per heavy atom. The van der Waals surface area contributed by atoms with Crippen LogP contribution in [0.3, 0.4) is 0 Å². The summed E-state index contributed by atoms with van der Waals surface area (Å²) < 4.78 is 11.0. The lowest BCUT2D eigenvalue weighted by molar-refractivity contribution is -0.143. The minimum atomic E-state index is -0.364. The van der Waals surface area contributed by atoms with E-state index in [0.29, 0.717) is 18.2 Å². The van der Waals surface area contributed by atoms with Gasteiger partial charge >= 0.3 is 5.97 Å². The van der Waals surface area contributed by atoms with Crippen molar-refractivity contribution < 1.29 is 14.3 Å². The maximum absolute atomic E-state index is 12.0. The van der Waals surface area contributed by atoms with Gasteiger partial charge < -0.3 is 14.8 Å². The highest BCUT2D eigenvalue weighted by atomic mass is 79.9. The lowest BCUT2D eigenvalue weighted by Crippen LogP contribution is -2.40. The van der Waals surface area contributed by atoms with Crippen LogP contribution in [0.15, 0.2) is 22.7 Å². The molecule has 1 aromatic rings. The van der Waals surface area contributed by atoms with Crippen LogP contribution in [0.2, 0.25) is 5.02 Å². The summed E-state index contributed by atoms with van der Waals surface area (Å²) in [5, 5.41) is 3.88. The van der Waals surface area contributed by atoms with Crippen molar-refractivity contribution in [3.8, 4) is 0 Å². The second-order valence-electron chi connectivity index (χ2n) is 4.72. The molecular formula is C14H17BrClNO3. The van der Waals surface area contributed by atoms with Crippen LogP contribution >= 0.6 is 27.5 Å². The van der Waals surface area contributed by atoms with E-state index in [2.05, 4.69) is 21.2 Å². The van der Waals surface area contributed by atoms with E-state index in [1.165, 1.54) is 7.11 Å². The lowest BCUT2D eigenvalue weighted by Gasteiger charge is -2.29. The molecule has 1 unspecified atom stereocenters. The molecule has 2 rings (SSSR count). The van der Waals surface area contributed by atoms with Gasteiger partial charge in [0, 0.05) is 23.4 Å². The standard InChI is InChI=1S/C14H17BrClNO3/c1-19-14(18)13(9-4-6-20-7-5-9)17-10-2-3-12(16)11(15)8-10/h2-3,8-9,13,17H,4-7H2,1H3. The van der Waals surface area contributed by atoms with Crippen LogP contribution in [-0.2, 0) is 14.3 Å². The van der Waals surface area contributed by atoms with Crippen LogP contribution in [0.1, 0.15) is 12.8 Å². The van der Waals surface area contributed by atoms with Gasteiger partial charge in [-0.2, -0.15) is 0 Å².